The molecule has 2 rings (SSSR count). The Bertz CT molecular complexity index is 586. The summed E-state index contributed by atoms with van der Waals surface area (Å²) in [6, 6.07) is 4.49. The highest BCUT2D eigenvalue weighted by molar-refractivity contribution is 7.89. The molecule has 1 aromatic heterocycles. The fourth-order valence-electron chi connectivity index (χ4n) is 2.23. The van der Waals surface area contributed by atoms with Gasteiger partial charge in [0.05, 0.1) is 0 Å². The summed E-state index contributed by atoms with van der Waals surface area (Å²) < 4.78 is 32.4. The summed E-state index contributed by atoms with van der Waals surface area (Å²) in [6.07, 6.45) is 2.92. The number of nitrogens with zero attached hydrogens (tertiary/aromatic N) is 2. The van der Waals surface area contributed by atoms with Crippen molar-refractivity contribution in [1.82, 2.24) is 9.71 Å². The Morgan fingerprint density at radius 2 is 2.15 bits per heavy atom. The van der Waals surface area contributed by atoms with Crippen LogP contribution in [0.5, 0.6) is 0 Å². The monoisotopic (exact) mass is 295 g/mol. The van der Waals surface area contributed by atoms with Gasteiger partial charge in [0.2, 0.25) is 10.0 Å². The van der Waals surface area contributed by atoms with Crippen LogP contribution in [-0.4, -0.2) is 32.7 Å². The van der Waals surface area contributed by atoms with E-state index in [0.29, 0.717) is 13.2 Å². The van der Waals surface area contributed by atoms with Gasteiger partial charge in [-0.3, -0.25) is 0 Å². The van der Waals surface area contributed by atoms with Gasteiger partial charge in [0, 0.05) is 25.5 Å². The lowest BCUT2D eigenvalue weighted by Gasteiger charge is -2.28. The van der Waals surface area contributed by atoms with Gasteiger partial charge in [0.15, 0.2) is 0 Å². The maximum absolute atomic E-state index is 12.2. The van der Waals surface area contributed by atoms with Crippen molar-refractivity contribution < 1.29 is 13.2 Å². The number of hydrogen-bond acceptors (Lipinski definition) is 5. The van der Waals surface area contributed by atoms with Crippen molar-refractivity contribution in [2.45, 2.75) is 30.7 Å². The van der Waals surface area contributed by atoms with Crippen molar-refractivity contribution >= 4 is 10.0 Å². The number of pyridine rings is 1. The normalized spacial score (nSPS) is 18.4. The molecule has 1 unspecified atom stereocenters. The van der Waals surface area contributed by atoms with Gasteiger partial charge in [-0.2, -0.15) is 5.26 Å². The summed E-state index contributed by atoms with van der Waals surface area (Å²) >= 11 is 0. The molecule has 0 amide bonds. The third-order valence-corrected chi connectivity index (χ3v) is 5.02. The summed E-state index contributed by atoms with van der Waals surface area (Å²) in [4.78, 5) is 3.86. The molecule has 2 heterocycles. The fraction of sp³-hybridized carbons (Fsp3) is 0.538. The lowest BCUT2D eigenvalue weighted by molar-refractivity contribution is 0.0585. The molecule has 1 aromatic rings. The number of nitrogens with one attached hydrogen (secondary N) is 1. The molecule has 0 aromatic carbocycles. The zero-order chi connectivity index (χ0) is 14.6. The predicted molar refractivity (Wildman–Crippen MR) is 72.3 cm³/mol. The molecule has 108 valence electrons. The minimum absolute atomic E-state index is 0.0791. The first kappa shape index (κ1) is 14.9. The maximum Gasteiger partial charge on any atom is 0.242 e. The van der Waals surface area contributed by atoms with E-state index in [0.717, 1.165) is 12.8 Å². The van der Waals surface area contributed by atoms with Crippen molar-refractivity contribution in [2.75, 3.05) is 13.2 Å². The number of nitriles is 1. The van der Waals surface area contributed by atoms with Crippen LogP contribution in [-0.2, 0) is 14.8 Å². The number of aromatic nitrogens is 1. The molecule has 1 saturated heterocycles. The van der Waals surface area contributed by atoms with Gasteiger partial charge in [-0.05, 0) is 37.8 Å². The second kappa shape index (κ2) is 6.31. The molecule has 0 aliphatic carbocycles. The van der Waals surface area contributed by atoms with Crippen molar-refractivity contribution in [2.24, 2.45) is 5.92 Å². The Hall–Kier alpha value is -1.49. The number of rotatable bonds is 4. The minimum Gasteiger partial charge on any atom is -0.381 e. The zero-order valence-electron chi connectivity index (χ0n) is 11.2. The van der Waals surface area contributed by atoms with Crippen molar-refractivity contribution in [3.05, 3.63) is 24.0 Å². The summed E-state index contributed by atoms with van der Waals surface area (Å²) in [6.45, 7) is 3.22. The molecule has 1 atom stereocenters. The Kier molecular flexibility index (Phi) is 4.70. The lowest BCUT2D eigenvalue weighted by Crippen LogP contribution is -2.40. The molecule has 20 heavy (non-hydrogen) atoms. The van der Waals surface area contributed by atoms with Gasteiger partial charge >= 0.3 is 0 Å². The second-order valence-electron chi connectivity index (χ2n) is 4.85. The average Bonchev–Trinajstić information content (AvgIpc) is 2.48. The van der Waals surface area contributed by atoms with Crippen molar-refractivity contribution in [3.63, 3.8) is 0 Å². The van der Waals surface area contributed by atoms with E-state index in [1.54, 1.807) is 0 Å². The molecule has 0 spiro atoms. The van der Waals surface area contributed by atoms with Crippen LogP contribution in [0.1, 0.15) is 25.5 Å². The average molecular weight is 295 g/mol. The number of sulfonamides is 1. The highest BCUT2D eigenvalue weighted by Crippen LogP contribution is 2.20. The molecule has 0 radical (unpaired) electrons. The fourth-order valence-corrected chi connectivity index (χ4v) is 3.49. The summed E-state index contributed by atoms with van der Waals surface area (Å²) in [7, 11) is -3.60. The molecular formula is C13H17N3O3S. The third kappa shape index (κ3) is 3.54. The van der Waals surface area contributed by atoms with Crippen molar-refractivity contribution in [3.8, 4) is 6.07 Å². The standard InChI is InChI=1S/C13H17N3O3S/c1-10(11-4-6-19-7-5-11)16-20(17,18)13-3-2-12(8-14)15-9-13/h2-3,9-11,16H,4-7H2,1H3. The van der Waals surface area contributed by atoms with E-state index in [1.807, 2.05) is 13.0 Å². The van der Waals surface area contributed by atoms with Gasteiger partial charge in [-0.1, -0.05) is 0 Å². The van der Waals surface area contributed by atoms with Crippen molar-refractivity contribution in [1.29, 1.82) is 5.26 Å². The number of hydrogen-bond donors (Lipinski definition) is 1. The molecule has 1 aliphatic heterocycles. The second-order valence-corrected chi connectivity index (χ2v) is 6.56. The Morgan fingerprint density at radius 3 is 2.70 bits per heavy atom. The van der Waals surface area contributed by atoms with Crippen LogP contribution in [0, 0.1) is 17.2 Å². The summed E-state index contributed by atoms with van der Waals surface area (Å²) in [5.41, 5.74) is 0.196. The maximum atomic E-state index is 12.2. The number of ether oxygens (including phenoxy) is 1. The molecule has 6 nitrogen and oxygen atoms in total. The largest absolute Gasteiger partial charge is 0.381 e. The van der Waals surface area contributed by atoms with Gasteiger partial charge in [0.25, 0.3) is 0 Å². The van der Waals surface area contributed by atoms with E-state index in [2.05, 4.69) is 9.71 Å². The molecule has 7 heteroatoms. The topological polar surface area (TPSA) is 92.1 Å². The van der Waals surface area contributed by atoms with E-state index < -0.39 is 10.0 Å². The van der Waals surface area contributed by atoms with E-state index >= 15 is 0 Å². The van der Waals surface area contributed by atoms with Gasteiger partial charge < -0.3 is 4.74 Å². The molecular weight excluding hydrogens is 278 g/mol. The SMILES string of the molecule is CC(NS(=O)(=O)c1ccc(C#N)nc1)C1CCOCC1. The quantitative estimate of drug-likeness (QED) is 0.896. The van der Waals surface area contributed by atoms with E-state index in [9.17, 15) is 8.42 Å². The van der Waals surface area contributed by atoms with Crippen LogP contribution >= 0.6 is 0 Å². The van der Waals surface area contributed by atoms with E-state index in [4.69, 9.17) is 10.00 Å². The minimum atomic E-state index is -3.60. The molecule has 1 fully saturated rings. The van der Waals surface area contributed by atoms with E-state index in [1.165, 1.54) is 18.3 Å². The lowest BCUT2D eigenvalue weighted by atomic mass is 9.94. The first-order valence-electron chi connectivity index (χ1n) is 6.49. The van der Waals surface area contributed by atoms with Gasteiger partial charge in [0.1, 0.15) is 16.7 Å². The molecule has 1 N–H and O–H groups in total. The van der Waals surface area contributed by atoms with Crippen LogP contribution in [0.2, 0.25) is 0 Å². The zero-order valence-corrected chi connectivity index (χ0v) is 12.1. The third-order valence-electron chi connectivity index (χ3n) is 3.48. The van der Waals surface area contributed by atoms with Crippen LogP contribution in [0.15, 0.2) is 23.2 Å². The predicted octanol–water partition coefficient (Wildman–Crippen LogP) is 1.05. The van der Waals surface area contributed by atoms with Gasteiger partial charge in [-0.25, -0.2) is 18.1 Å². The first-order chi connectivity index (χ1) is 9.53. The molecule has 1 aliphatic rings. The summed E-state index contributed by atoms with van der Waals surface area (Å²) in [5, 5.41) is 8.66. The highest BCUT2D eigenvalue weighted by Gasteiger charge is 2.25. The highest BCUT2D eigenvalue weighted by atomic mass is 32.2. The van der Waals surface area contributed by atoms with Crippen LogP contribution in [0.4, 0.5) is 0 Å². The molecule has 0 saturated carbocycles. The Labute approximate surface area is 118 Å². The summed E-state index contributed by atoms with van der Waals surface area (Å²) in [5.74, 6) is 0.282. The van der Waals surface area contributed by atoms with E-state index in [-0.39, 0.29) is 22.5 Å². The Balaban J connectivity index is 2.07. The molecule has 0 bridgehead atoms. The van der Waals surface area contributed by atoms with Crippen LogP contribution in [0.25, 0.3) is 0 Å². The smallest absolute Gasteiger partial charge is 0.242 e. The first-order valence-corrected chi connectivity index (χ1v) is 7.97. The van der Waals surface area contributed by atoms with Crippen LogP contribution in [0.3, 0.4) is 0 Å². The Morgan fingerprint density at radius 1 is 1.45 bits per heavy atom. The van der Waals surface area contributed by atoms with Crippen LogP contribution < -0.4 is 4.72 Å². The van der Waals surface area contributed by atoms with Gasteiger partial charge in [-0.15, -0.1) is 0 Å².